The van der Waals surface area contributed by atoms with Crippen molar-refractivity contribution in [1.82, 2.24) is 10.2 Å². The minimum atomic E-state index is -4.17. The first kappa shape index (κ1) is 33.6. The van der Waals surface area contributed by atoms with Crippen LogP contribution in [-0.2, 0) is 26.2 Å². The van der Waals surface area contributed by atoms with Gasteiger partial charge >= 0.3 is 0 Å². The Hall–Kier alpha value is -3.27. The number of anilines is 1. The quantitative estimate of drug-likeness (QED) is 0.232. The largest absolute Gasteiger partial charge is 0.497 e. The van der Waals surface area contributed by atoms with Gasteiger partial charge in [-0.2, -0.15) is 0 Å². The number of benzene rings is 3. The van der Waals surface area contributed by atoms with Gasteiger partial charge in [0, 0.05) is 12.6 Å². The molecule has 1 fully saturated rings. The topological polar surface area (TPSA) is 96.0 Å². The third-order valence-electron chi connectivity index (χ3n) is 7.92. The van der Waals surface area contributed by atoms with Crippen LogP contribution in [0.3, 0.4) is 0 Å². The SMILES string of the molecule is CC[C@@H](C(=O)NC1CCCCC1)N(Cc1ccc(Cl)c(Cl)c1)C(=O)CN(c1ccc(OC)cc1)S(=O)(=O)c1ccc(C)cc1. The fourth-order valence-electron chi connectivity index (χ4n) is 5.41. The zero-order chi connectivity index (χ0) is 31.9. The number of hydrogen-bond acceptors (Lipinski definition) is 5. The summed E-state index contributed by atoms with van der Waals surface area (Å²) in [4.78, 5) is 29.5. The molecule has 1 N–H and O–H groups in total. The molecule has 1 aliphatic carbocycles. The van der Waals surface area contributed by atoms with Crippen molar-refractivity contribution in [3.63, 3.8) is 0 Å². The lowest BCUT2D eigenvalue weighted by Crippen LogP contribution is -2.54. The number of rotatable bonds is 12. The summed E-state index contributed by atoms with van der Waals surface area (Å²) in [5.41, 5.74) is 1.85. The van der Waals surface area contributed by atoms with Crippen LogP contribution in [0.2, 0.25) is 10.0 Å². The van der Waals surface area contributed by atoms with Crippen LogP contribution in [0.5, 0.6) is 5.75 Å². The smallest absolute Gasteiger partial charge is 0.264 e. The second kappa shape index (κ2) is 15.1. The predicted octanol–water partition coefficient (Wildman–Crippen LogP) is 6.76. The highest BCUT2D eigenvalue weighted by molar-refractivity contribution is 7.92. The van der Waals surface area contributed by atoms with Crippen LogP contribution in [0.1, 0.15) is 56.6 Å². The normalized spacial score (nSPS) is 14.5. The van der Waals surface area contributed by atoms with Crippen LogP contribution in [0.4, 0.5) is 5.69 Å². The number of nitrogens with one attached hydrogen (secondary N) is 1. The molecule has 8 nitrogen and oxygen atoms in total. The molecule has 3 aromatic rings. The van der Waals surface area contributed by atoms with Gasteiger partial charge in [-0.1, -0.05) is 73.2 Å². The molecule has 2 amide bonds. The highest BCUT2D eigenvalue weighted by atomic mass is 35.5. The molecule has 11 heteroatoms. The second-order valence-electron chi connectivity index (χ2n) is 11.1. The van der Waals surface area contributed by atoms with E-state index in [1.165, 1.54) is 24.1 Å². The van der Waals surface area contributed by atoms with Crippen molar-refractivity contribution in [2.45, 2.75) is 75.9 Å². The van der Waals surface area contributed by atoms with Gasteiger partial charge in [0.05, 0.1) is 27.7 Å². The standard InChI is InChI=1S/C33H39Cl2N3O5S/c1-4-31(33(40)36-25-8-6-5-7-9-25)37(21-24-12-19-29(34)30(35)20-24)32(39)22-38(26-13-15-27(43-3)16-14-26)44(41,42)28-17-10-23(2)11-18-28/h10-20,25,31H,4-9,21-22H2,1-3H3,(H,36,40)/t31-/m0/s1. The van der Waals surface area contributed by atoms with Gasteiger partial charge in [0.1, 0.15) is 18.3 Å². The minimum absolute atomic E-state index is 0.0351. The summed E-state index contributed by atoms with van der Waals surface area (Å²) < 4.78 is 34.4. The fraction of sp³-hybridized carbons (Fsp3) is 0.394. The maximum atomic E-state index is 14.3. The van der Waals surface area contributed by atoms with Crippen LogP contribution < -0.4 is 14.4 Å². The summed E-state index contributed by atoms with van der Waals surface area (Å²) >= 11 is 12.4. The summed E-state index contributed by atoms with van der Waals surface area (Å²) in [7, 11) is -2.66. The van der Waals surface area contributed by atoms with Crippen molar-refractivity contribution in [3.05, 3.63) is 87.9 Å². The van der Waals surface area contributed by atoms with Crippen LogP contribution in [0.25, 0.3) is 0 Å². The molecule has 44 heavy (non-hydrogen) atoms. The van der Waals surface area contributed by atoms with E-state index in [-0.39, 0.29) is 29.1 Å². The van der Waals surface area contributed by atoms with Gasteiger partial charge in [-0.05, 0) is 80.3 Å². The van der Waals surface area contributed by atoms with Crippen molar-refractivity contribution < 1.29 is 22.7 Å². The average Bonchev–Trinajstić information content (AvgIpc) is 3.02. The number of nitrogens with zero attached hydrogens (tertiary/aromatic N) is 2. The van der Waals surface area contributed by atoms with E-state index in [1.807, 2.05) is 13.8 Å². The maximum absolute atomic E-state index is 14.3. The Labute approximate surface area is 270 Å². The third-order valence-corrected chi connectivity index (χ3v) is 10.4. The molecule has 0 spiro atoms. The van der Waals surface area contributed by atoms with E-state index in [1.54, 1.807) is 54.6 Å². The van der Waals surface area contributed by atoms with Gasteiger partial charge in [-0.3, -0.25) is 13.9 Å². The van der Waals surface area contributed by atoms with Crippen molar-refractivity contribution in [1.29, 1.82) is 0 Å². The monoisotopic (exact) mass is 659 g/mol. The first-order chi connectivity index (χ1) is 21.0. The molecule has 0 aromatic heterocycles. The first-order valence-corrected chi connectivity index (χ1v) is 17.0. The molecule has 0 heterocycles. The number of carbonyl (C=O) groups is 2. The van der Waals surface area contributed by atoms with E-state index < -0.39 is 28.5 Å². The van der Waals surface area contributed by atoms with Crippen molar-refractivity contribution in [3.8, 4) is 5.75 Å². The van der Waals surface area contributed by atoms with Crippen molar-refractivity contribution in [2.75, 3.05) is 18.0 Å². The van der Waals surface area contributed by atoms with Gasteiger partial charge in [-0.25, -0.2) is 8.42 Å². The zero-order valence-electron chi connectivity index (χ0n) is 25.3. The lowest BCUT2D eigenvalue weighted by atomic mass is 9.95. The molecule has 3 aromatic carbocycles. The van der Waals surface area contributed by atoms with Crippen LogP contribution in [0, 0.1) is 6.92 Å². The molecule has 0 radical (unpaired) electrons. The second-order valence-corrected chi connectivity index (χ2v) is 13.7. The number of methoxy groups -OCH3 is 1. The van der Waals surface area contributed by atoms with Gasteiger partial charge in [0.15, 0.2) is 0 Å². The fourth-order valence-corrected chi connectivity index (χ4v) is 7.15. The number of sulfonamides is 1. The highest BCUT2D eigenvalue weighted by Gasteiger charge is 2.34. The minimum Gasteiger partial charge on any atom is -0.497 e. The number of halogens is 2. The molecule has 1 saturated carbocycles. The lowest BCUT2D eigenvalue weighted by Gasteiger charge is -2.34. The molecule has 0 unspecified atom stereocenters. The van der Waals surface area contributed by atoms with E-state index in [2.05, 4.69) is 5.32 Å². The number of carbonyl (C=O) groups excluding carboxylic acids is 2. The van der Waals surface area contributed by atoms with Crippen molar-refractivity contribution >= 4 is 50.7 Å². The molecule has 1 aliphatic rings. The van der Waals surface area contributed by atoms with Gasteiger partial charge in [0.2, 0.25) is 11.8 Å². The Morgan fingerprint density at radius 3 is 2.20 bits per heavy atom. The number of hydrogen-bond donors (Lipinski definition) is 1. The molecule has 1 atom stereocenters. The molecular formula is C33H39Cl2N3O5S. The Kier molecular flexibility index (Phi) is 11.6. The number of aryl methyl sites for hydroxylation is 1. The molecule has 0 saturated heterocycles. The van der Waals surface area contributed by atoms with E-state index >= 15 is 0 Å². The predicted molar refractivity (Wildman–Crippen MR) is 175 cm³/mol. The zero-order valence-corrected chi connectivity index (χ0v) is 27.6. The van der Waals surface area contributed by atoms with E-state index in [4.69, 9.17) is 27.9 Å². The van der Waals surface area contributed by atoms with Crippen molar-refractivity contribution in [2.24, 2.45) is 0 Å². The van der Waals surface area contributed by atoms with E-state index in [0.29, 0.717) is 27.8 Å². The molecule has 4 rings (SSSR count). The summed E-state index contributed by atoms with van der Waals surface area (Å²) in [6.07, 6.45) is 5.34. The Morgan fingerprint density at radius 1 is 0.955 bits per heavy atom. The summed E-state index contributed by atoms with van der Waals surface area (Å²) in [6, 6.07) is 17.2. The van der Waals surface area contributed by atoms with Crippen LogP contribution in [0.15, 0.2) is 71.6 Å². The summed E-state index contributed by atoms with van der Waals surface area (Å²) in [5.74, 6) is -0.252. The van der Waals surface area contributed by atoms with E-state index in [0.717, 1.165) is 42.0 Å². The van der Waals surface area contributed by atoms with E-state index in [9.17, 15) is 18.0 Å². The van der Waals surface area contributed by atoms with Gasteiger partial charge < -0.3 is 15.0 Å². The maximum Gasteiger partial charge on any atom is 0.264 e. The Balaban J connectivity index is 1.72. The molecule has 0 bridgehead atoms. The lowest BCUT2D eigenvalue weighted by molar-refractivity contribution is -0.140. The third kappa shape index (κ3) is 8.25. The summed E-state index contributed by atoms with van der Waals surface area (Å²) in [6.45, 7) is 3.21. The summed E-state index contributed by atoms with van der Waals surface area (Å²) in [5, 5.41) is 3.83. The highest BCUT2D eigenvalue weighted by Crippen LogP contribution is 2.28. The number of amides is 2. The first-order valence-electron chi connectivity index (χ1n) is 14.8. The average molecular weight is 661 g/mol. The van der Waals surface area contributed by atoms with Gasteiger partial charge in [-0.15, -0.1) is 0 Å². The molecule has 236 valence electrons. The van der Waals surface area contributed by atoms with Crippen LogP contribution in [-0.4, -0.2) is 50.9 Å². The van der Waals surface area contributed by atoms with Gasteiger partial charge in [0.25, 0.3) is 10.0 Å². The van der Waals surface area contributed by atoms with Crippen LogP contribution >= 0.6 is 23.2 Å². The number of ether oxygens (including phenoxy) is 1. The Morgan fingerprint density at radius 2 is 1.61 bits per heavy atom. The molecular weight excluding hydrogens is 621 g/mol. The molecule has 0 aliphatic heterocycles. The Bertz CT molecular complexity index is 1540.